The summed E-state index contributed by atoms with van der Waals surface area (Å²) in [4.78, 5) is 29.4. The van der Waals surface area contributed by atoms with E-state index in [1.165, 1.54) is 0 Å². The van der Waals surface area contributed by atoms with Crippen LogP contribution < -0.4 is 10.2 Å². The highest BCUT2D eigenvalue weighted by Gasteiger charge is 2.19. The lowest BCUT2D eigenvalue weighted by Crippen LogP contribution is -2.48. The Bertz CT molecular complexity index is 1030. The third-order valence-corrected chi connectivity index (χ3v) is 5.65. The van der Waals surface area contributed by atoms with Gasteiger partial charge >= 0.3 is 0 Å². The van der Waals surface area contributed by atoms with Crippen molar-refractivity contribution in [1.29, 1.82) is 0 Å². The lowest BCUT2D eigenvalue weighted by molar-refractivity contribution is -0.117. The quantitative estimate of drug-likeness (QED) is 0.588. The van der Waals surface area contributed by atoms with Crippen molar-refractivity contribution in [3.63, 3.8) is 0 Å². The van der Waals surface area contributed by atoms with Gasteiger partial charge in [-0.1, -0.05) is 41.9 Å². The smallest absolute Gasteiger partial charge is 0.238 e. The number of anilines is 2. The van der Waals surface area contributed by atoms with Crippen molar-refractivity contribution in [3.8, 4) is 0 Å². The van der Waals surface area contributed by atoms with Crippen molar-refractivity contribution in [1.82, 2.24) is 4.90 Å². The number of benzene rings is 3. The Labute approximate surface area is 187 Å². The first-order valence-corrected chi connectivity index (χ1v) is 10.7. The molecule has 1 fully saturated rings. The van der Waals surface area contributed by atoms with Gasteiger partial charge < -0.3 is 10.2 Å². The normalized spacial score (nSPS) is 14.3. The number of piperazine rings is 1. The first-order valence-electron chi connectivity index (χ1n) is 10.3. The number of carbonyl (C=O) groups is 2. The van der Waals surface area contributed by atoms with Gasteiger partial charge in [-0.3, -0.25) is 14.5 Å². The Kier molecular flexibility index (Phi) is 6.65. The molecule has 0 unspecified atom stereocenters. The molecule has 1 saturated heterocycles. The molecule has 0 spiro atoms. The Morgan fingerprint density at radius 1 is 0.774 bits per heavy atom. The summed E-state index contributed by atoms with van der Waals surface area (Å²) in [5, 5.41) is 3.66. The number of nitrogens with one attached hydrogen (secondary N) is 1. The molecule has 0 aromatic heterocycles. The van der Waals surface area contributed by atoms with E-state index in [-0.39, 0.29) is 11.7 Å². The predicted molar refractivity (Wildman–Crippen MR) is 125 cm³/mol. The number of halogens is 1. The standard InChI is InChI=1S/C25H24ClN3O2/c26-21-8-12-23(13-9-21)29-16-14-28(15-17-29)18-24(30)27-22-10-6-20(7-11-22)25(31)19-4-2-1-3-5-19/h1-13H,14-18H2,(H,27,30). The van der Waals surface area contributed by atoms with E-state index in [1.54, 1.807) is 36.4 Å². The molecule has 1 amide bonds. The highest BCUT2D eigenvalue weighted by molar-refractivity contribution is 6.30. The van der Waals surface area contributed by atoms with Gasteiger partial charge in [0.25, 0.3) is 0 Å². The zero-order valence-electron chi connectivity index (χ0n) is 17.1. The third kappa shape index (κ3) is 5.51. The maximum absolute atomic E-state index is 12.5. The van der Waals surface area contributed by atoms with E-state index in [2.05, 4.69) is 15.1 Å². The molecule has 1 N–H and O–H groups in total. The van der Waals surface area contributed by atoms with Crippen LogP contribution in [-0.2, 0) is 4.79 Å². The molecule has 0 atom stereocenters. The van der Waals surface area contributed by atoms with Gasteiger partial charge in [0.2, 0.25) is 5.91 Å². The van der Waals surface area contributed by atoms with Gasteiger partial charge in [0.1, 0.15) is 0 Å². The van der Waals surface area contributed by atoms with Crippen LogP contribution in [0.4, 0.5) is 11.4 Å². The molecule has 1 aliphatic rings. The van der Waals surface area contributed by atoms with Crippen molar-refractivity contribution in [3.05, 3.63) is 95.0 Å². The average molecular weight is 434 g/mol. The van der Waals surface area contributed by atoms with Crippen molar-refractivity contribution in [2.24, 2.45) is 0 Å². The molecule has 6 heteroatoms. The van der Waals surface area contributed by atoms with E-state index in [1.807, 2.05) is 42.5 Å². The maximum Gasteiger partial charge on any atom is 0.238 e. The molecule has 0 aliphatic carbocycles. The zero-order valence-corrected chi connectivity index (χ0v) is 17.9. The van der Waals surface area contributed by atoms with E-state index >= 15 is 0 Å². The van der Waals surface area contributed by atoms with E-state index < -0.39 is 0 Å². The molecule has 5 nitrogen and oxygen atoms in total. The molecule has 31 heavy (non-hydrogen) atoms. The molecule has 3 aromatic carbocycles. The van der Waals surface area contributed by atoms with E-state index in [0.717, 1.165) is 36.9 Å². The van der Waals surface area contributed by atoms with Crippen LogP contribution in [0.15, 0.2) is 78.9 Å². The molecule has 1 heterocycles. The van der Waals surface area contributed by atoms with Gasteiger partial charge in [0.05, 0.1) is 6.54 Å². The van der Waals surface area contributed by atoms with Crippen LogP contribution in [0.25, 0.3) is 0 Å². The molecule has 1 aliphatic heterocycles. The zero-order chi connectivity index (χ0) is 21.6. The largest absolute Gasteiger partial charge is 0.369 e. The number of hydrogen-bond donors (Lipinski definition) is 1. The molecule has 4 rings (SSSR count). The number of ketones is 1. The second kappa shape index (κ2) is 9.77. The van der Waals surface area contributed by atoms with Gasteiger partial charge in [-0.15, -0.1) is 0 Å². The topological polar surface area (TPSA) is 52.7 Å². The minimum absolute atomic E-state index is 0.0305. The fourth-order valence-electron chi connectivity index (χ4n) is 3.68. The maximum atomic E-state index is 12.5. The Balaban J connectivity index is 1.26. The fraction of sp³-hybridized carbons (Fsp3) is 0.200. The first-order chi connectivity index (χ1) is 15.1. The second-order valence-electron chi connectivity index (χ2n) is 7.56. The van der Waals surface area contributed by atoms with E-state index in [4.69, 9.17) is 11.6 Å². The second-order valence-corrected chi connectivity index (χ2v) is 8.00. The molecule has 0 radical (unpaired) electrons. The monoisotopic (exact) mass is 433 g/mol. The Morgan fingerprint density at radius 3 is 2.03 bits per heavy atom. The molecule has 0 bridgehead atoms. The minimum Gasteiger partial charge on any atom is -0.369 e. The van der Waals surface area contributed by atoms with Gasteiger partial charge in [0, 0.05) is 53.7 Å². The minimum atomic E-state index is -0.0536. The molecular weight excluding hydrogens is 410 g/mol. The van der Waals surface area contributed by atoms with Crippen LogP contribution in [0.3, 0.4) is 0 Å². The Morgan fingerprint density at radius 2 is 1.39 bits per heavy atom. The fourth-order valence-corrected chi connectivity index (χ4v) is 3.81. The highest BCUT2D eigenvalue weighted by Crippen LogP contribution is 2.19. The number of nitrogens with zero attached hydrogens (tertiary/aromatic N) is 2. The number of hydrogen-bond acceptors (Lipinski definition) is 4. The number of amides is 1. The summed E-state index contributed by atoms with van der Waals surface area (Å²) < 4.78 is 0. The van der Waals surface area contributed by atoms with Crippen LogP contribution in [0.1, 0.15) is 15.9 Å². The van der Waals surface area contributed by atoms with Gasteiger partial charge in [-0.2, -0.15) is 0 Å². The van der Waals surface area contributed by atoms with Crippen molar-refractivity contribution >= 4 is 34.7 Å². The van der Waals surface area contributed by atoms with Crippen molar-refractivity contribution in [2.75, 3.05) is 42.9 Å². The number of rotatable bonds is 6. The van der Waals surface area contributed by atoms with Crippen LogP contribution in [0.5, 0.6) is 0 Å². The summed E-state index contributed by atoms with van der Waals surface area (Å²) in [5.41, 5.74) is 3.09. The highest BCUT2D eigenvalue weighted by atomic mass is 35.5. The summed E-state index contributed by atoms with van der Waals surface area (Å²) in [5.74, 6) is -0.0842. The summed E-state index contributed by atoms with van der Waals surface area (Å²) in [6.07, 6.45) is 0. The van der Waals surface area contributed by atoms with E-state index in [0.29, 0.717) is 23.4 Å². The summed E-state index contributed by atoms with van der Waals surface area (Å²) in [6, 6.07) is 24.0. The number of carbonyl (C=O) groups excluding carboxylic acids is 2. The van der Waals surface area contributed by atoms with E-state index in [9.17, 15) is 9.59 Å². The summed E-state index contributed by atoms with van der Waals surface area (Å²) in [7, 11) is 0. The van der Waals surface area contributed by atoms with Crippen molar-refractivity contribution in [2.45, 2.75) is 0 Å². The lowest BCUT2D eigenvalue weighted by Gasteiger charge is -2.35. The van der Waals surface area contributed by atoms with Crippen molar-refractivity contribution < 1.29 is 9.59 Å². The van der Waals surface area contributed by atoms with Gasteiger partial charge in [0.15, 0.2) is 5.78 Å². The van der Waals surface area contributed by atoms with Crippen LogP contribution in [0, 0.1) is 0 Å². The molecule has 158 valence electrons. The third-order valence-electron chi connectivity index (χ3n) is 5.40. The van der Waals surface area contributed by atoms with Gasteiger partial charge in [-0.05, 0) is 48.5 Å². The molecule has 3 aromatic rings. The first kappa shape index (κ1) is 21.1. The molecular formula is C25H24ClN3O2. The SMILES string of the molecule is O=C(CN1CCN(c2ccc(Cl)cc2)CC1)Nc1ccc(C(=O)c2ccccc2)cc1. The predicted octanol–water partition coefficient (Wildman–Crippen LogP) is 4.33. The average Bonchev–Trinajstić information content (AvgIpc) is 2.81. The van der Waals surface area contributed by atoms with Gasteiger partial charge in [-0.25, -0.2) is 0 Å². The Hall–Kier alpha value is -3.15. The lowest BCUT2D eigenvalue weighted by atomic mass is 10.0. The van der Waals surface area contributed by atoms with Crippen LogP contribution in [-0.4, -0.2) is 49.3 Å². The summed E-state index contributed by atoms with van der Waals surface area (Å²) in [6.45, 7) is 3.72. The summed E-state index contributed by atoms with van der Waals surface area (Å²) >= 11 is 5.96. The van der Waals surface area contributed by atoms with Crippen LogP contribution in [0.2, 0.25) is 5.02 Å². The molecule has 0 saturated carbocycles. The van der Waals surface area contributed by atoms with Crippen LogP contribution >= 0.6 is 11.6 Å².